The van der Waals surface area contributed by atoms with E-state index in [0.29, 0.717) is 18.6 Å². The average Bonchev–Trinajstić information content (AvgIpc) is 2.86. The highest BCUT2D eigenvalue weighted by molar-refractivity contribution is 9.10. The van der Waals surface area contributed by atoms with Crippen LogP contribution in [-0.4, -0.2) is 42.4 Å². The molecule has 2 amide bonds. The lowest BCUT2D eigenvalue weighted by molar-refractivity contribution is -0.153. The molecule has 1 aliphatic carbocycles. The average molecular weight is 408 g/mol. The van der Waals surface area contributed by atoms with Gasteiger partial charge in [-0.1, -0.05) is 28.1 Å². The van der Waals surface area contributed by atoms with Crippen LogP contribution in [0.15, 0.2) is 40.9 Å². The van der Waals surface area contributed by atoms with Crippen LogP contribution in [0.25, 0.3) is 0 Å². The molecule has 0 N–H and O–H groups in total. The fourth-order valence-corrected chi connectivity index (χ4v) is 3.31. The number of carbonyl (C=O) groups is 3. The van der Waals surface area contributed by atoms with Gasteiger partial charge in [-0.3, -0.25) is 19.3 Å². The van der Waals surface area contributed by atoms with E-state index in [1.165, 1.54) is 0 Å². The summed E-state index contributed by atoms with van der Waals surface area (Å²) in [6.45, 7) is -0.0765. The number of allylic oxidation sites excluding steroid dienone is 2. The summed E-state index contributed by atoms with van der Waals surface area (Å²) in [5.74, 6) is -1.14. The lowest BCUT2D eigenvalue weighted by atomic mass is 9.85. The highest BCUT2D eigenvalue weighted by Gasteiger charge is 2.47. The Morgan fingerprint density at radius 2 is 1.64 bits per heavy atom. The molecule has 132 valence electrons. The maximum atomic E-state index is 12.3. The van der Waals surface area contributed by atoms with Crippen LogP contribution >= 0.6 is 15.9 Å². The Bertz CT molecular complexity index is 674. The molecular formula is C18H18BrNO5. The summed E-state index contributed by atoms with van der Waals surface area (Å²) in [6, 6.07) is 7.28. The van der Waals surface area contributed by atoms with E-state index in [1.807, 2.05) is 24.3 Å². The Balaban J connectivity index is 1.42. The first-order valence-electron chi connectivity index (χ1n) is 8.10. The number of carbonyl (C=O) groups excluding carboxylic acids is 3. The predicted octanol–water partition coefficient (Wildman–Crippen LogP) is 2.32. The van der Waals surface area contributed by atoms with Crippen molar-refractivity contribution >= 4 is 33.7 Å². The first-order chi connectivity index (χ1) is 12.1. The van der Waals surface area contributed by atoms with E-state index in [9.17, 15) is 14.4 Å². The summed E-state index contributed by atoms with van der Waals surface area (Å²) in [5, 5.41) is 0. The van der Waals surface area contributed by atoms with Crippen molar-refractivity contribution in [1.82, 2.24) is 4.90 Å². The third-order valence-electron chi connectivity index (χ3n) is 4.31. The van der Waals surface area contributed by atoms with Gasteiger partial charge in [0.05, 0.1) is 11.8 Å². The lowest BCUT2D eigenvalue weighted by Crippen LogP contribution is -2.37. The van der Waals surface area contributed by atoms with Crippen molar-refractivity contribution in [3.05, 3.63) is 40.9 Å². The van der Waals surface area contributed by atoms with Crippen LogP contribution in [0.3, 0.4) is 0 Å². The van der Waals surface area contributed by atoms with E-state index in [2.05, 4.69) is 15.9 Å². The summed E-state index contributed by atoms with van der Waals surface area (Å²) >= 11 is 3.33. The number of nitrogens with zero attached hydrogens (tertiary/aromatic N) is 1. The van der Waals surface area contributed by atoms with Crippen LogP contribution < -0.4 is 4.74 Å². The Morgan fingerprint density at radius 1 is 1.04 bits per heavy atom. The highest BCUT2D eigenvalue weighted by atomic mass is 79.9. The number of likely N-dealkylation sites (tertiary alicyclic amines) is 1. The van der Waals surface area contributed by atoms with Crippen LogP contribution in [0, 0.1) is 11.8 Å². The number of ether oxygens (including phenoxy) is 2. The molecule has 7 heteroatoms. The number of rotatable bonds is 6. The van der Waals surface area contributed by atoms with E-state index in [4.69, 9.17) is 9.47 Å². The predicted molar refractivity (Wildman–Crippen MR) is 92.7 cm³/mol. The standard InChI is InChI=1S/C18H18BrNO5/c19-12-5-7-13(8-6-12)24-9-10-25-16(21)11-20-17(22)14-3-1-2-4-15(14)18(20)23/h1-2,5-8,14-15H,3-4,9-11H2/t14-,15-/m0/s1. The smallest absolute Gasteiger partial charge is 0.326 e. The Labute approximate surface area is 153 Å². The second-order valence-electron chi connectivity index (χ2n) is 5.94. The summed E-state index contributed by atoms with van der Waals surface area (Å²) < 4.78 is 11.5. The maximum Gasteiger partial charge on any atom is 0.326 e. The van der Waals surface area contributed by atoms with Crippen LogP contribution in [0.4, 0.5) is 0 Å². The number of halogens is 1. The second kappa shape index (κ2) is 7.82. The van der Waals surface area contributed by atoms with Crippen molar-refractivity contribution in [2.75, 3.05) is 19.8 Å². The Kier molecular flexibility index (Phi) is 5.53. The number of hydrogen-bond acceptors (Lipinski definition) is 5. The molecule has 1 aromatic carbocycles. The molecule has 0 saturated carbocycles. The molecule has 1 aliphatic heterocycles. The van der Waals surface area contributed by atoms with E-state index in [0.717, 1.165) is 9.37 Å². The van der Waals surface area contributed by atoms with E-state index in [1.54, 1.807) is 12.1 Å². The largest absolute Gasteiger partial charge is 0.490 e. The third kappa shape index (κ3) is 4.10. The molecule has 2 aliphatic rings. The van der Waals surface area contributed by atoms with E-state index in [-0.39, 0.29) is 43.4 Å². The number of imide groups is 1. The molecule has 0 unspecified atom stereocenters. The SMILES string of the molecule is O=C(CN1C(=O)[C@H]2CC=CC[C@@H]2C1=O)OCCOc1ccc(Br)cc1. The molecule has 2 atom stereocenters. The third-order valence-corrected chi connectivity index (χ3v) is 4.84. The number of fused-ring (bicyclic) bond motifs is 1. The van der Waals surface area contributed by atoms with Gasteiger partial charge in [0.1, 0.15) is 25.5 Å². The number of hydrogen-bond donors (Lipinski definition) is 0. The quantitative estimate of drug-likeness (QED) is 0.313. The van der Waals surface area contributed by atoms with Crippen molar-refractivity contribution in [2.24, 2.45) is 11.8 Å². The fourth-order valence-electron chi connectivity index (χ4n) is 3.05. The molecule has 1 saturated heterocycles. The molecule has 0 radical (unpaired) electrons. The summed E-state index contributed by atoms with van der Waals surface area (Å²) in [7, 11) is 0. The summed E-state index contributed by atoms with van der Waals surface area (Å²) in [6.07, 6.45) is 4.94. The fraction of sp³-hybridized carbons (Fsp3) is 0.389. The minimum Gasteiger partial charge on any atom is -0.490 e. The molecule has 0 aromatic heterocycles. The number of esters is 1. The van der Waals surface area contributed by atoms with Gasteiger partial charge in [0.25, 0.3) is 0 Å². The highest BCUT2D eigenvalue weighted by Crippen LogP contribution is 2.34. The molecule has 25 heavy (non-hydrogen) atoms. The van der Waals surface area contributed by atoms with Gasteiger partial charge in [0.15, 0.2) is 0 Å². The van der Waals surface area contributed by atoms with Crippen LogP contribution in [-0.2, 0) is 19.1 Å². The zero-order valence-corrected chi connectivity index (χ0v) is 15.1. The summed E-state index contributed by atoms with van der Waals surface area (Å²) in [5.41, 5.74) is 0. The van der Waals surface area contributed by atoms with Crippen LogP contribution in [0.5, 0.6) is 5.75 Å². The van der Waals surface area contributed by atoms with Crippen LogP contribution in [0.2, 0.25) is 0 Å². The molecule has 0 bridgehead atoms. The first kappa shape index (κ1) is 17.7. The van der Waals surface area contributed by atoms with Crippen molar-refractivity contribution in [1.29, 1.82) is 0 Å². The lowest BCUT2D eigenvalue weighted by Gasteiger charge is -2.14. The van der Waals surface area contributed by atoms with Gasteiger partial charge in [-0.05, 0) is 37.1 Å². The minimum atomic E-state index is -0.604. The molecule has 3 rings (SSSR count). The van der Waals surface area contributed by atoms with Crippen molar-refractivity contribution in [3.63, 3.8) is 0 Å². The molecule has 1 fully saturated rings. The molecule has 0 spiro atoms. The maximum absolute atomic E-state index is 12.3. The number of amides is 2. The molecule has 1 heterocycles. The van der Waals surface area contributed by atoms with E-state index < -0.39 is 5.97 Å². The van der Waals surface area contributed by atoms with Gasteiger partial charge >= 0.3 is 5.97 Å². The second-order valence-corrected chi connectivity index (χ2v) is 6.86. The Hall–Kier alpha value is -2.15. The van der Waals surface area contributed by atoms with Crippen molar-refractivity contribution in [3.8, 4) is 5.75 Å². The minimum absolute atomic E-state index is 0.0551. The monoisotopic (exact) mass is 407 g/mol. The van der Waals surface area contributed by atoms with Crippen molar-refractivity contribution in [2.45, 2.75) is 12.8 Å². The van der Waals surface area contributed by atoms with Gasteiger partial charge in [0, 0.05) is 4.47 Å². The van der Waals surface area contributed by atoms with Gasteiger partial charge in [-0.25, -0.2) is 0 Å². The van der Waals surface area contributed by atoms with Gasteiger partial charge in [-0.2, -0.15) is 0 Å². The van der Waals surface area contributed by atoms with Crippen molar-refractivity contribution < 1.29 is 23.9 Å². The van der Waals surface area contributed by atoms with Gasteiger partial charge < -0.3 is 9.47 Å². The zero-order chi connectivity index (χ0) is 17.8. The molecule has 6 nitrogen and oxygen atoms in total. The van der Waals surface area contributed by atoms with Gasteiger partial charge in [0.2, 0.25) is 11.8 Å². The molecular weight excluding hydrogens is 390 g/mol. The molecule has 1 aromatic rings. The topological polar surface area (TPSA) is 72.9 Å². The van der Waals surface area contributed by atoms with Gasteiger partial charge in [-0.15, -0.1) is 0 Å². The zero-order valence-electron chi connectivity index (χ0n) is 13.5. The first-order valence-corrected chi connectivity index (χ1v) is 8.90. The summed E-state index contributed by atoms with van der Waals surface area (Å²) in [4.78, 5) is 37.5. The van der Waals surface area contributed by atoms with E-state index >= 15 is 0 Å². The van der Waals surface area contributed by atoms with Crippen LogP contribution in [0.1, 0.15) is 12.8 Å². The Morgan fingerprint density at radius 3 is 2.24 bits per heavy atom. The normalized spacial score (nSPS) is 22.0. The number of benzene rings is 1.